The van der Waals surface area contributed by atoms with Gasteiger partial charge in [0.25, 0.3) is 0 Å². The molecule has 20 heavy (non-hydrogen) atoms. The highest BCUT2D eigenvalue weighted by atomic mass is 15.3. The molecule has 4 rings (SSSR count). The van der Waals surface area contributed by atoms with Crippen molar-refractivity contribution in [1.82, 2.24) is 14.6 Å². The van der Waals surface area contributed by atoms with E-state index in [0.717, 1.165) is 43.1 Å². The third-order valence-electron chi connectivity index (χ3n) is 4.43. The molecule has 0 radical (unpaired) electrons. The maximum Gasteiger partial charge on any atom is 0.157 e. The van der Waals surface area contributed by atoms with Gasteiger partial charge in [0.1, 0.15) is 5.82 Å². The predicted molar refractivity (Wildman–Crippen MR) is 78.7 cm³/mol. The van der Waals surface area contributed by atoms with Crippen LogP contribution in [0, 0.1) is 5.92 Å². The lowest BCUT2D eigenvalue weighted by Gasteiger charge is -2.15. The molecule has 2 aliphatic carbocycles. The number of nitrogens with one attached hydrogen (secondary N) is 1. The average Bonchev–Trinajstić information content (AvgIpc) is 2.94. The largest absolute Gasteiger partial charge is 0.367 e. The summed E-state index contributed by atoms with van der Waals surface area (Å²) in [5.41, 5.74) is 8.12. The minimum atomic E-state index is 0.341. The highest BCUT2D eigenvalue weighted by Crippen LogP contribution is 2.33. The molecule has 2 saturated carbocycles. The number of nitrogens with two attached hydrogens (primary N) is 1. The summed E-state index contributed by atoms with van der Waals surface area (Å²) >= 11 is 0. The van der Waals surface area contributed by atoms with Crippen LogP contribution in [0.3, 0.4) is 0 Å². The molecule has 2 aliphatic rings. The molecule has 0 aromatic carbocycles. The van der Waals surface area contributed by atoms with Crippen molar-refractivity contribution in [3.05, 3.63) is 24.0 Å². The van der Waals surface area contributed by atoms with E-state index < -0.39 is 0 Å². The van der Waals surface area contributed by atoms with Gasteiger partial charge in [0.05, 0.1) is 6.20 Å². The standard InChI is InChI=1S/C15H21N5/c16-11-3-4-12(8-11)18-15-9-13(7-10-1-2-10)19-14-5-6-17-20(14)15/h5-6,9-12,18H,1-4,7-8,16H2/t11-,12-/m0/s1. The summed E-state index contributed by atoms with van der Waals surface area (Å²) in [4.78, 5) is 4.70. The summed E-state index contributed by atoms with van der Waals surface area (Å²) in [5.74, 6) is 1.91. The summed E-state index contributed by atoms with van der Waals surface area (Å²) < 4.78 is 1.90. The summed E-state index contributed by atoms with van der Waals surface area (Å²) in [6.07, 6.45) is 8.92. The number of anilines is 1. The summed E-state index contributed by atoms with van der Waals surface area (Å²) in [7, 11) is 0. The average molecular weight is 271 g/mol. The van der Waals surface area contributed by atoms with Crippen LogP contribution in [0.25, 0.3) is 5.65 Å². The van der Waals surface area contributed by atoms with Gasteiger partial charge in [0, 0.05) is 29.9 Å². The van der Waals surface area contributed by atoms with Crippen molar-refractivity contribution < 1.29 is 0 Å². The highest BCUT2D eigenvalue weighted by Gasteiger charge is 2.24. The van der Waals surface area contributed by atoms with E-state index in [4.69, 9.17) is 10.7 Å². The number of aromatic nitrogens is 3. The molecule has 0 aliphatic heterocycles. The van der Waals surface area contributed by atoms with E-state index in [2.05, 4.69) is 16.5 Å². The molecule has 2 aromatic heterocycles. The van der Waals surface area contributed by atoms with E-state index in [9.17, 15) is 0 Å². The normalized spacial score (nSPS) is 26.2. The number of hydrogen-bond acceptors (Lipinski definition) is 4. The Morgan fingerprint density at radius 1 is 1.30 bits per heavy atom. The fourth-order valence-corrected chi connectivity index (χ4v) is 3.15. The molecule has 0 unspecified atom stereocenters. The minimum Gasteiger partial charge on any atom is -0.367 e. The molecule has 3 N–H and O–H groups in total. The molecule has 2 heterocycles. The molecule has 0 saturated heterocycles. The Hall–Kier alpha value is -1.62. The van der Waals surface area contributed by atoms with Gasteiger partial charge in [-0.1, -0.05) is 0 Å². The van der Waals surface area contributed by atoms with E-state index in [1.54, 1.807) is 0 Å². The van der Waals surface area contributed by atoms with E-state index in [1.807, 2.05) is 16.8 Å². The molecule has 0 bridgehead atoms. The van der Waals surface area contributed by atoms with Gasteiger partial charge >= 0.3 is 0 Å². The summed E-state index contributed by atoms with van der Waals surface area (Å²) in [5, 5.41) is 7.99. The number of rotatable bonds is 4. The first-order chi connectivity index (χ1) is 9.78. The van der Waals surface area contributed by atoms with Gasteiger partial charge in [-0.05, 0) is 44.4 Å². The zero-order valence-electron chi connectivity index (χ0n) is 11.6. The van der Waals surface area contributed by atoms with Crippen molar-refractivity contribution in [2.75, 3.05) is 5.32 Å². The van der Waals surface area contributed by atoms with Crippen LogP contribution in [-0.2, 0) is 6.42 Å². The van der Waals surface area contributed by atoms with E-state index in [1.165, 1.54) is 18.5 Å². The summed E-state index contributed by atoms with van der Waals surface area (Å²) in [6.45, 7) is 0. The maximum absolute atomic E-state index is 6.00. The molecule has 106 valence electrons. The van der Waals surface area contributed by atoms with Crippen molar-refractivity contribution in [2.24, 2.45) is 11.7 Å². The van der Waals surface area contributed by atoms with Crippen LogP contribution in [0.1, 0.15) is 37.8 Å². The number of hydrogen-bond donors (Lipinski definition) is 2. The number of nitrogens with zero attached hydrogens (tertiary/aromatic N) is 3. The first-order valence-corrected chi connectivity index (χ1v) is 7.64. The van der Waals surface area contributed by atoms with Gasteiger partial charge in [-0.15, -0.1) is 0 Å². The molecule has 5 nitrogen and oxygen atoms in total. The highest BCUT2D eigenvalue weighted by molar-refractivity contribution is 5.49. The van der Waals surface area contributed by atoms with Gasteiger partial charge < -0.3 is 11.1 Å². The smallest absolute Gasteiger partial charge is 0.157 e. The van der Waals surface area contributed by atoms with Crippen LogP contribution >= 0.6 is 0 Å². The Kier molecular flexibility index (Phi) is 2.88. The van der Waals surface area contributed by atoms with E-state index in [-0.39, 0.29) is 0 Å². The zero-order chi connectivity index (χ0) is 13.5. The lowest BCUT2D eigenvalue weighted by atomic mass is 10.2. The number of fused-ring (bicyclic) bond motifs is 1. The molecule has 2 aromatic rings. The molecule has 0 amide bonds. The van der Waals surface area contributed by atoms with Crippen LogP contribution in [0.4, 0.5) is 5.82 Å². The third kappa shape index (κ3) is 2.38. The minimum absolute atomic E-state index is 0.341. The maximum atomic E-state index is 6.00. The van der Waals surface area contributed by atoms with E-state index in [0.29, 0.717) is 12.1 Å². The first kappa shape index (κ1) is 12.1. The molecular formula is C15H21N5. The molecule has 2 fully saturated rings. The first-order valence-electron chi connectivity index (χ1n) is 7.64. The molecule has 2 atom stereocenters. The van der Waals surface area contributed by atoms with Gasteiger partial charge in [-0.2, -0.15) is 9.61 Å². The van der Waals surface area contributed by atoms with Crippen molar-refractivity contribution in [3.8, 4) is 0 Å². The molecule has 5 heteroatoms. The van der Waals surface area contributed by atoms with Gasteiger partial charge in [0.2, 0.25) is 0 Å². The van der Waals surface area contributed by atoms with Crippen LogP contribution in [0.5, 0.6) is 0 Å². The topological polar surface area (TPSA) is 68.2 Å². The lowest BCUT2D eigenvalue weighted by molar-refractivity contribution is 0.683. The second-order valence-electron chi connectivity index (χ2n) is 6.30. The molecule has 0 spiro atoms. The summed E-state index contributed by atoms with van der Waals surface area (Å²) in [6, 6.07) is 4.95. The monoisotopic (exact) mass is 271 g/mol. The third-order valence-corrected chi connectivity index (χ3v) is 4.43. The van der Waals surface area contributed by atoms with Gasteiger partial charge in [-0.3, -0.25) is 0 Å². The Morgan fingerprint density at radius 3 is 2.95 bits per heavy atom. The van der Waals surface area contributed by atoms with Crippen LogP contribution in [0.15, 0.2) is 18.3 Å². The Bertz CT molecular complexity index is 616. The SMILES string of the molecule is N[C@H]1CC[C@H](Nc2cc(CC3CC3)nc3ccnn23)C1. The van der Waals surface area contributed by atoms with Gasteiger partial charge in [0.15, 0.2) is 5.65 Å². The Balaban J connectivity index is 1.63. The van der Waals surface area contributed by atoms with Crippen LogP contribution < -0.4 is 11.1 Å². The predicted octanol–water partition coefficient (Wildman–Crippen LogP) is 1.97. The second kappa shape index (κ2) is 4.74. The van der Waals surface area contributed by atoms with Gasteiger partial charge in [-0.25, -0.2) is 4.98 Å². The fourth-order valence-electron chi connectivity index (χ4n) is 3.15. The lowest BCUT2D eigenvalue weighted by Crippen LogP contribution is -2.22. The van der Waals surface area contributed by atoms with Crippen LogP contribution in [0.2, 0.25) is 0 Å². The molecular weight excluding hydrogens is 250 g/mol. The second-order valence-corrected chi connectivity index (χ2v) is 6.30. The Morgan fingerprint density at radius 2 is 2.20 bits per heavy atom. The Labute approximate surface area is 118 Å². The van der Waals surface area contributed by atoms with Crippen molar-refractivity contribution in [3.63, 3.8) is 0 Å². The van der Waals surface area contributed by atoms with Crippen molar-refractivity contribution in [1.29, 1.82) is 0 Å². The fraction of sp³-hybridized carbons (Fsp3) is 0.600. The zero-order valence-corrected chi connectivity index (χ0v) is 11.6. The van der Waals surface area contributed by atoms with Crippen molar-refractivity contribution in [2.45, 2.75) is 50.6 Å². The quantitative estimate of drug-likeness (QED) is 0.892. The van der Waals surface area contributed by atoms with Crippen LogP contribution in [-0.4, -0.2) is 26.7 Å². The van der Waals surface area contributed by atoms with Crippen molar-refractivity contribution >= 4 is 11.5 Å². The van der Waals surface area contributed by atoms with E-state index >= 15 is 0 Å².